The largest absolute Gasteiger partial charge is 0.334 e. The minimum Gasteiger partial charge on any atom is -0.334 e. The summed E-state index contributed by atoms with van der Waals surface area (Å²) in [6.07, 6.45) is 6.10. The third kappa shape index (κ3) is 3.33. The zero-order chi connectivity index (χ0) is 26.9. The summed E-state index contributed by atoms with van der Waals surface area (Å²) < 4.78 is 0. The molecule has 2 aliphatic carbocycles. The van der Waals surface area contributed by atoms with Gasteiger partial charge >= 0.3 is 0 Å². The van der Waals surface area contributed by atoms with Crippen LogP contribution < -0.4 is 4.90 Å². The third-order valence-corrected chi connectivity index (χ3v) is 10.5. The summed E-state index contributed by atoms with van der Waals surface area (Å²) in [7, 11) is 0. The molecule has 2 atom stereocenters. The number of fused-ring (bicyclic) bond motifs is 6. The lowest BCUT2D eigenvalue weighted by molar-refractivity contribution is 0.195. The lowest BCUT2D eigenvalue weighted by Gasteiger charge is -2.50. The van der Waals surface area contributed by atoms with Gasteiger partial charge in [-0.3, -0.25) is 0 Å². The van der Waals surface area contributed by atoms with Gasteiger partial charge in [-0.15, -0.1) is 0 Å². The van der Waals surface area contributed by atoms with Crippen molar-refractivity contribution in [2.75, 3.05) is 4.90 Å². The SMILES string of the molecule is CC12CCCCC1(C)N(c1ccccc1)c1ccc(-c3ccc(-c4ccc5c(c4)Cc4ccccc4-5)cc3)cc12. The first kappa shape index (κ1) is 23.8. The highest BCUT2D eigenvalue weighted by atomic mass is 15.2. The van der Waals surface area contributed by atoms with Gasteiger partial charge in [-0.25, -0.2) is 0 Å². The number of hydrogen-bond donors (Lipinski definition) is 0. The van der Waals surface area contributed by atoms with Crippen LogP contribution in [0.4, 0.5) is 11.4 Å². The van der Waals surface area contributed by atoms with E-state index in [0.29, 0.717) is 0 Å². The first-order valence-corrected chi connectivity index (χ1v) is 14.9. The standard InChI is InChI=1S/C39H35N/c1-38-22-8-9-23-39(38,2)40(33-11-4-3-5-12-33)37-21-19-30(26-36(37)38)28-16-14-27(15-17-28)29-18-20-35-32(24-29)25-31-10-6-7-13-34(31)35/h3-7,10-21,24,26H,8-9,22-23,25H2,1-2H3. The molecule has 196 valence electrons. The van der Waals surface area contributed by atoms with Crippen LogP contribution in [0.15, 0.2) is 115 Å². The number of nitrogens with zero attached hydrogens (tertiary/aromatic N) is 1. The van der Waals surface area contributed by atoms with Gasteiger partial charge in [0.15, 0.2) is 0 Å². The Hall–Kier alpha value is -4.10. The van der Waals surface area contributed by atoms with Crippen molar-refractivity contribution in [2.24, 2.45) is 0 Å². The van der Waals surface area contributed by atoms with Crippen molar-refractivity contribution >= 4 is 11.4 Å². The van der Waals surface area contributed by atoms with E-state index in [9.17, 15) is 0 Å². The normalized spacial score (nSPS) is 22.4. The summed E-state index contributed by atoms with van der Waals surface area (Å²) in [6.45, 7) is 5.02. The van der Waals surface area contributed by atoms with Crippen LogP contribution in [0.5, 0.6) is 0 Å². The van der Waals surface area contributed by atoms with E-state index in [1.165, 1.54) is 87.1 Å². The number of benzene rings is 5. The lowest BCUT2D eigenvalue weighted by Crippen LogP contribution is -2.54. The molecular formula is C39H35N. The molecule has 2 unspecified atom stereocenters. The molecule has 3 aliphatic rings. The van der Waals surface area contributed by atoms with E-state index in [1.807, 2.05) is 0 Å². The van der Waals surface area contributed by atoms with E-state index in [2.05, 4.69) is 134 Å². The van der Waals surface area contributed by atoms with Crippen LogP contribution in [0.1, 0.15) is 56.2 Å². The predicted molar refractivity (Wildman–Crippen MR) is 168 cm³/mol. The smallest absolute Gasteiger partial charge is 0.0517 e. The monoisotopic (exact) mass is 517 g/mol. The molecule has 0 saturated heterocycles. The van der Waals surface area contributed by atoms with Gasteiger partial charge in [0.1, 0.15) is 0 Å². The zero-order valence-electron chi connectivity index (χ0n) is 23.5. The Morgan fingerprint density at radius 2 is 1.18 bits per heavy atom. The van der Waals surface area contributed by atoms with Gasteiger partial charge in [-0.2, -0.15) is 0 Å². The molecule has 1 aliphatic heterocycles. The fraction of sp³-hybridized carbons (Fsp3) is 0.231. The Morgan fingerprint density at radius 3 is 1.98 bits per heavy atom. The maximum Gasteiger partial charge on any atom is 0.0517 e. The maximum atomic E-state index is 2.65. The number of para-hydroxylation sites is 1. The van der Waals surface area contributed by atoms with Gasteiger partial charge < -0.3 is 4.90 Å². The van der Waals surface area contributed by atoms with E-state index >= 15 is 0 Å². The van der Waals surface area contributed by atoms with Crippen molar-refractivity contribution in [3.63, 3.8) is 0 Å². The second-order valence-corrected chi connectivity index (χ2v) is 12.5. The molecule has 1 heteroatoms. The molecule has 1 fully saturated rings. The van der Waals surface area contributed by atoms with Crippen LogP contribution in [-0.2, 0) is 11.8 Å². The highest BCUT2D eigenvalue weighted by Crippen LogP contribution is 2.61. The Bertz CT molecular complexity index is 1750. The Morgan fingerprint density at radius 1 is 0.550 bits per heavy atom. The van der Waals surface area contributed by atoms with E-state index in [1.54, 1.807) is 0 Å². The molecule has 5 aromatic rings. The molecule has 0 bridgehead atoms. The quantitative estimate of drug-likeness (QED) is 0.226. The fourth-order valence-electron chi connectivity index (χ4n) is 8.08. The molecule has 40 heavy (non-hydrogen) atoms. The maximum absolute atomic E-state index is 2.65. The summed E-state index contributed by atoms with van der Waals surface area (Å²) in [5.41, 5.74) is 15.3. The van der Waals surface area contributed by atoms with E-state index in [4.69, 9.17) is 0 Å². The van der Waals surface area contributed by atoms with Gasteiger partial charge in [0.05, 0.1) is 5.54 Å². The van der Waals surface area contributed by atoms with Gasteiger partial charge in [-0.1, -0.05) is 111 Å². The zero-order valence-corrected chi connectivity index (χ0v) is 23.5. The van der Waals surface area contributed by atoms with Crippen molar-refractivity contribution < 1.29 is 0 Å². The second kappa shape index (κ2) is 8.70. The molecule has 8 rings (SSSR count). The van der Waals surface area contributed by atoms with Crippen LogP contribution in [-0.4, -0.2) is 5.54 Å². The first-order chi connectivity index (χ1) is 19.5. The van der Waals surface area contributed by atoms with Crippen LogP contribution in [0.2, 0.25) is 0 Å². The minimum absolute atomic E-state index is 0.0879. The second-order valence-electron chi connectivity index (χ2n) is 12.5. The summed E-state index contributed by atoms with van der Waals surface area (Å²) in [5, 5.41) is 0. The Kier molecular flexibility index (Phi) is 5.17. The minimum atomic E-state index is 0.0879. The van der Waals surface area contributed by atoms with Crippen LogP contribution in [0, 0.1) is 0 Å². The fourth-order valence-corrected chi connectivity index (χ4v) is 8.08. The molecule has 0 aromatic heterocycles. The van der Waals surface area contributed by atoms with E-state index < -0.39 is 0 Å². The average molecular weight is 518 g/mol. The topological polar surface area (TPSA) is 3.24 Å². The van der Waals surface area contributed by atoms with Crippen LogP contribution >= 0.6 is 0 Å². The summed E-state index contributed by atoms with van der Waals surface area (Å²) >= 11 is 0. The molecule has 1 heterocycles. The number of anilines is 2. The number of hydrogen-bond acceptors (Lipinski definition) is 1. The molecule has 1 saturated carbocycles. The van der Waals surface area contributed by atoms with Crippen LogP contribution in [0.3, 0.4) is 0 Å². The highest BCUT2D eigenvalue weighted by Gasteiger charge is 2.57. The van der Waals surface area contributed by atoms with Gasteiger partial charge in [0, 0.05) is 16.8 Å². The molecular weight excluding hydrogens is 482 g/mol. The summed E-state index contributed by atoms with van der Waals surface area (Å²) in [4.78, 5) is 2.65. The van der Waals surface area contributed by atoms with Crippen LogP contribution in [0.25, 0.3) is 33.4 Å². The Balaban J connectivity index is 1.15. The number of rotatable bonds is 3. The molecule has 0 radical (unpaired) electrons. The highest BCUT2D eigenvalue weighted by molar-refractivity contribution is 5.83. The van der Waals surface area contributed by atoms with Crippen molar-refractivity contribution in [1.82, 2.24) is 0 Å². The predicted octanol–water partition coefficient (Wildman–Crippen LogP) is 10.3. The molecule has 0 N–H and O–H groups in total. The van der Waals surface area contributed by atoms with Gasteiger partial charge in [0.25, 0.3) is 0 Å². The van der Waals surface area contributed by atoms with Crippen molar-refractivity contribution in [2.45, 2.75) is 56.9 Å². The average Bonchev–Trinajstić information content (AvgIpc) is 3.47. The summed E-state index contributed by atoms with van der Waals surface area (Å²) in [5.74, 6) is 0. The van der Waals surface area contributed by atoms with E-state index in [0.717, 1.165) is 6.42 Å². The van der Waals surface area contributed by atoms with Gasteiger partial charge in [0.2, 0.25) is 0 Å². The Labute approximate surface area is 238 Å². The lowest BCUT2D eigenvalue weighted by atomic mass is 9.61. The first-order valence-electron chi connectivity index (χ1n) is 14.9. The molecule has 1 nitrogen and oxygen atoms in total. The van der Waals surface area contributed by atoms with Crippen molar-refractivity contribution in [1.29, 1.82) is 0 Å². The molecule has 0 spiro atoms. The molecule has 5 aromatic carbocycles. The van der Waals surface area contributed by atoms with Gasteiger partial charge in [-0.05, 0) is 101 Å². The van der Waals surface area contributed by atoms with E-state index in [-0.39, 0.29) is 11.0 Å². The van der Waals surface area contributed by atoms with Crippen molar-refractivity contribution in [3.8, 4) is 33.4 Å². The van der Waals surface area contributed by atoms with Crippen molar-refractivity contribution in [3.05, 3.63) is 132 Å². The summed E-state index contributed by atoms with van der Waals surface area (Å²) in [6, 6.07) is 43.3. The third-order valence-electron chi connectivity index (χ3n) is 10.5. The molecule has 0 amide bonds.